The summed E-state index contributed by atoms with van der Waals surface area (Å²) in [7, 11) is 0. The fourth-order valence-electron chi connectivity index (χ4n) is 4.35. The van der Waals surface area contributed by atoms with Gasteiger partial charge in [-0.05, 0) is 67.1 Å². The lowest BCUT2D eigenvalue weighted by Gasteiger charge is -2.24. The van der Waals surface area contributed by atoms with Crippen LogP contribution < -0.4 is 0 Å². The van der Waals surface area contributed by atoms with Gasteiger partial charge in [0.05, 0.1) is 12.0 Å². The van der Waals surface area contributed by atoms with E-state index in [4.69, 9.17) is 5.11 Å². The van der Waals surface area contributed by atoms with Crippen molar-refractivity contribution in [2.45, 2.75) is 58.3 Å². The van der Waals surface area contributed by atoms with Crippen LogP contribution in [0.25, 0.3) is 0 Å². The molecule has 3 aromatic rings. The molecule has 3 rings (SSSR count). The zero-order valence-electron chi connectivity index (χ0n) is 20.0. The van der Waals surface area contributed by atoms with Gasteiger partial charge in [0.2, 0.25) is 0 Å². The molecular weight excluding hydrogens is 451 g/mol. The predicted octanol–water partition coefficient (Wildman–Crippen LogP) is 7.06. The van der Waals surface area contributed by atoms with Crippen molar-refractivity contribution in [2.24, 2.45) is 0 Å². The number of carboxylic acids is 1. The van der Waals surface area contributed by atoms with E-state index in [9.17, 15) is 18.0 Å². The number of rotatable bonds is 12. The smallest absolute Gasteiger partial charge is 0.416 e. The molecule has 0 heterocycles. The van der Waals surface area contributed by atoms with E-state index in [1.165, 1.54) is 17.7 Å². The number of halogens is 3. The SMILES string of the molecule is Cc1cc(CN(CCCCCc2ccccc2)Cc2cccc(CC(=O)O)c2)cc(C(F)(F)F)c1. The topological polar surface area (TPSA) is 40.5 Å². The van der Waals surface area contributed by atoms with Gasteiger partial charge < -0.3 is 5.11 Å². The highest BCUT2D eigenvalue weighted by molar-refractivity contribution is 5.70. The molecular formula is C29H32F3NO2. The van der Waals surface area contributed by atoms with E-state index < -0.39 is 17.7 Å². The summed E-state index contributed by atoms with van der Waals surface area (Å²) in [5.41, 5.74) is 3.56. The quantitative estimate of drug-likeness (QED) is 0.281. The first kappa shape index (κ1) is 26.5. The molecule has 3 aromatic carbocycles. The lowest BCUT2D eigenvalue weighted by atomic mass is 10.0. The van der Waals surface area contributed by atoms with Crippen LogP contribution in [0.5, 0.6) is 0 Å². The Morgan fingerprint density at radius 2 is 1.49 bits per heavy atom. The van der Waals surface area contributed by atoms with Crippen molar-refractivity contribution in [3.63, 3.8) is 0 Å². The van der Waals surface area contributed by atoms with Crippen LogP contribution in [0.4, 0.5) is 13.2 Å². The molecule has 0 fully saturated rings. The summed E-state index contributed by atoms with van der Waals surface area (Å²) < 4.78 is 40.0. The number of unbranched alkanes of at least 4 members (excludes halogenated alkanes) is 2. The standard InChI is InChI=1S/C29H32F3NO2/c1-22-15-26(18-27(16-22)29(30,31)32)21-33(14-7-3-6-11-23-9-4-2-5-10-23)20-25-13-8-12-24(17-25)19-28(34)35/h2,4-5,8-10,12-13,15-18H,3,6-7,11,14,19-21H2,1H3,(H,34,35). The molecule has 0 bridgehead atoms. The van der Waals surface area contributed by atoms with Gasteiger partial charge in [0.1, 0.15) is 0 Å². The van der Waals surface area contributed by atoms with Crippen molar-refractivity contribution in [3.8, 4) is 0 Å². The van der Waals surface area contributed by atoms with E-state index >= 15 is 0 Å². The predicted molar refractivity (Wildman–Crippen MR) is 132 cm³/mol. The molecule has 0 aliphatic heterocycles. The van der Waals surface area contributed by atoms with Crippen LogP contribution >= 0.6 is 0 Å². The molecule has 0 saturated heterocycles. The number of carboxylic acid groups (broad SMARTS) is 1. The van der Waals surface area contributed by atoms with Gasteiger partial charge >= 0.3 is 12.1 Å². The van der Waals surface area contributed by atoms with Crippen LogP contribution in [-0.4, -0.2) is 22.5 Å². The Bertz CT molecular complexity index is 1100. The highest BCUT2D eigenvalue weighted by Crippen LogP contribution is 2.31. The molecule has 35 heavy (non-hydrogen) atoms. The number of hydrogen-bond donors (Lipinski definition) is 1. The van der Waals surface area contributed by atoms with Gasteiger partial charge in [0.25, 0.3) is 0 Å². The molecule has 0 aliphatic carbocycles. The third-order valence-electron chi connectivity index (χ3n) is 5.91. The van der Waals surface area contributed by atoms with Crippen molar-refractivity contribution in [1.29, 1.82) is 0 Å². The Morgan fingerprint density at radius 3 is 2.20 bits per heavy atom. The second-order valence-electron chi connectivity index (χ2n) is 9.10. The van der Waals surface area contributed by atoms with E-state index in [1.54, 1.807) is 19.1 Å². The van der Waals surface area contributed by atoms with Crippen molar-refractivity contribution in [3.05, 3.63) is 106 Å². The first-order valence-electron chi connectivity index (χ1n) is 11.9. The second-order valence-corrected chi connectivity index (χ2v) is 9.10. The third kappa shape index (κ3) is 9.21. The van der Waals surface area contributed by atoms with Gasteiger partial charge in [-0.3, -0.25) is 9.69 Å². The van der Waals surface area contributed by atoms with Gasteiger partial charge in [-0.1, -0.05) is 72.6 Å². The summed E-state index contributed by atoms with van der Waals surface area (Å²) >= 11 is 0. The highest BCUT2D eigenvalue weighted by atomic mass is 19.4. The van der Waals surface area contributed by atoms with Crippen LogP contribution in [0.3, 0.4) is 0 Å². The zero-order chi connectivity index (χ0) is 25.3. The molecule has 0 aromatic heterocycles. The van der Waals surface area contributed by atoms with Gasteiger partial charge in [0, 0.05) is 13.1 Å². The lowest BCUT2D eigenvalue weighted by molar-refractivity contribution is -0.138. The summed E-state index contributed by atoms with van der Waals surface area (Å²) in [6.45, 7) is 3.36. The number of aliphatic carboxylic acids is 1. The summed E-state index contributed by atoms with van der Waals surface area (Å²) in [6.07, 6.45) is -0.431. The summed E-state index contributed by atoms with van der Waals surface area (Å²) in [6, 6.07) is 21.9. The third-order valence-corrected chi connectivity index (χ3v) is 5.91. The van der Waals surface area contributed by atoms with Crippen LogP contribution in [0.2, 0.25) is 0 Å². The largest absolute Gasteiger partial charge is 0.481 e. The Balaban J connectivity index is 1.69. The highest BCUT2D eigenvalue weighted by Gasteiger charge is 2.31. The number of benzene rings is 3. The van der Waals surface area contributed by atoms with Crippen LogP contribution in [0.15, 0.2) is 72.8 Å². The molecule has 0 amide bonds. The molecule has 1 N–H and O–H groups in total. The molecule has 0 radical (unpaired) electrons. The van der Waals surface area contributed by atoms with E-state index in [1.807, 2.05) is 36.4 Å². The van der Waals surface area contributed by atoms with E-state index in [0.29, 0.717) is 29.8 Å². The lowest BCUT2D eigenvalue weighted by Crippen LogP contribution is -2.24. The minimum Gasteiger partial charge on any atom is -0.481 e. The minimum atomic E-state index is -4.38. The Labute approximate surface area is 205 Å². The molecule has 186 valence electrons. The van der Waals surface area contributed by atoms with E-state index in [0.717, 1.165) is 37.8 Å². The summed E-state index contributed by atoms with van der Waals surface area (Å²) in [4.78, 5) is 13.2. The van der Waals surface area contributed by atoms with Crippen molar-refractivity contribution in [2.75, 3.05) is 6.54 Å². The fourth-order valence-corrected chi connectivity index (χ4v) is 4.35. The number of nitrogens with zero attached hydrogens (tertiary/aromatic N) is 1. The van der Waals surface area contributed by atoms with Crippen LogP contribution in [0.1, 0.15) is 52.6 Å². The number of carbonyl (C=O) groups is 1. The monoisotopic (exact) mass is 483 g/mol. The maximum absolute atomic E-state index is 13.3. The van der Waals surface area contributed by atoms with Gasteiger partial charge in [0.15, 0.2) is 0 Å². The van der Waals surface area contributed by atoms with E-state index in [2.05, 4.69) is 17.0 Å². The van der Waals surface area contributed by atoms with Crippen LogP contribution in [0, 0.1) is 6.92 Å². The van der Waals surface area contributed by atoms with Gasteiger partial charge in [-0.15, -0.1) is 0 Å². The first-order chi connectivity index (χ1) is 16.7. The number of alkyl halides is 3. The molecule has 0 saturated carbocycles. The van der Waals surface area contributed by atoms with Gasteiger partial charge in [-0.2, -0.15) is 13.2 Å². The normalized spacial score (nSPS) is 11.7. The second kappa shape index (κ2) is 12.5. The maximum atomic E-state index is 13.3. The molecule has 3 nitrogen and oxygen atoms in total. The maximum Gasteiger partial charge on any atom is 0.416 e. The number of hydrogen-bond acceptors (Lipinski definition) is 2. The average molecular weight is 484 g/mol. The molecule has 0 unspecified atom stereocenters. The molecule has 0 atom stereocenters. The van der Waals surface area contributed by atoms with E-state index in [-0.39, 0.29) is 6.42 Å². The van der Waals surface area contributed by atoms with Crippen LogP contribution in [-0.2, 0) is 36.9 Å². The summed E-state index contributed by atoms with van der Waals surface area (Å²) in [5, 5.41) is 9.10. The Morgan fingerprint density at radius 1 is 0.800 bits per heavy atom. The fraction of sp³-hybridized carbons (Fsp3) is 0.345. The Hall–Kier alpha value is -3.12. The Kier molecular flexibility index (Phi) is 9.49. The van der Waals surface area contributed by atoms with Crippen molar-refractivity contribution in [1.82, 2.24) is 4.90 Å². The zero-order valence-corrected chi connectivity index (χ0v) is 20.0. The van der Waals surface area contributed by atoms with Crippen molar-refractivity contribution >= 4 is 5.97 Å². The van der Waals surface area contributed by atoms with Gasteiger partial charge in [-0.25, -0.2) is 0 Å². The summed E-state index contributed by atoms with van der Waals surface area (Å²) in [5.74, 6) is -0.892. The molecule has 0 spiro atoms. The molecule has 6 heteroatoms. The molecule has 0 aliphatic rings. The average Bonchev–Trinajstić information content (AvgIpc) is 2.78. The van der Waals surface area contributed by atoms with Crippen molar-refractivity contribution < 1.29 is 23.1 Å². The minimum absolute atomic E-state index is 0.0554. The number of aryl methyl sites for hydroxylation is 2. The first-order valence-corrected chi connectivity index (χ1v) is 11.9.